The van der Waals surface area contributed by atoms with Crippen molar-refractivity contribution in [2.24, 2.45) is 0 Å². The van der Waals surface area contributed by atoms with Crippen LogP contribution in [-0.4, -0.2) is 107 Å². The summed E-state index contributed by atoms with van der Waals surface area (Å²) in [4.78, 5) is 52.7. The normalized spacial score (nSPS) is 9.51. The van der Waals surface area contributed by atoms with Gasteiger partial charge in [-0.2, -0.15) is 0 Å². The fourth-order valence-electron chi connectivity index (χ4n) is 1.72. The van der Waals surface area contributed by atoms with Gasteiger partial charge in [0.25, 0.3) is 0 Å². The Labute approximate surface area is 207 Å². The number of hydrogen-bond acceptors (Lipinski definition) is 9. The monoisotopic (exact) mass is 509 g/mol. The first-order chi connectivity index (χ1) is 16.7. The summed E-state index contributed by atoms with van der Waals surface area (Å²) in [7, 11) is 0. The Balaban J connectivity index is -0.000000861. The average molecular weight is 510 g/mol. The van der Waals surface area contributed by atoms with Crippen molar-refractivity contribution in [1.29, 1.82) is 0 Å². The Morgan fingerprint density at radius 1 is 0.657 bits per heavy atom. The Kier molecular flexibility index (Phi) is 31.1. The lowest BCUT2D eigenvalue weighted by atomic mass is 10.4. The minimum atomic E-state index is -1.03. The van der Waals surface area contributed by atoms with Crippen LogP contribution in [0.15, 0.2) is 0 Å². The van der Waals surface area contributed by atoms with Crippen LogP contribution in [0.2, 0.25) is 0 Å². The van der Waals surface area contributed by atoms with Gasteiger partial charge in [0.1, 0.15) is 19.8 Å². The van der Waals surface area contributed by atoms with E-state index in [2.05, 4.69) is 16.0 Å². The molecule has 0 atom stereocenters. The molecule has 0 unspecified atom stereocenters. The van der Waals surface area contributed by atoms with E-state index in [1.54, 1.807) is 6.92 Å². The fourth-order valence-corrected chi connectivity index (χ4v) is 1.72. The molecule has 0 heterocycles. The number of nitrogens with one attached hydrogen (secondary N) is 3. The first-order valence-corrected chi connectivity index (χ1v) is 11.5. The molecule has 0 aromatic rings. The summed E-state index contributed by atoms with van der Waals surface area (Å²) in [6.45, 7) is 11.3. The summed E-state index contributed by atoms with van der Waals surface area (Å²) >= 11 is 0. The van der Waals surface area contributed by atoms with Crippen LogP contribution in [0.1, 0.15) is 41.0 Å². The molecule has 0 spiro atoms. The molecule has 0 bridgehead atoms. The van der Waals surface area contributed by atoms with Gasteiger partial charge in [0.15, 0.2) is 5.78 Å². The SMILES string of the molecule is CC.CC(=O)NCC(=O)O.CCC(=O)NCCOCCOCC(=O)NCCOCCOCC(C)=O. The number of rotatable bonds is 19. The van der Waals surface area contributed by atoms with E-state index < -0.39 is 5.97 Å². The molecular weight excluding hydrogens is 466 g/mol. The van der Waals surface area contributed by atoms with Crippen molar-refractivity contribution in [3.05, 3.63) is 0 Å². The second kappa shape index (κ2) is 29.4. The van der Waals surface area contributed by atoms with Crippen LogP contribution in [0.3, 0.4) is 0 Å². The quantitative estimate of drug-likeness (QED) is 0.166. The van der Waals surface area contributed by atoms with Crippen molar-refractivity contribution in [3.8, 4) is 0 Å². The average Bonchev–Trinajstić information content (AvgIpc) is 2.82. The highest BCUT2D eigenvalue weighted by atomic mass is 16.5. The third-order valence-corrected chi connectivity index (χ3v) is 3.23. The smallest absolute Gasteiger partial charge is 0.322 e. The molecule has 4 N–H and O–H groups in total. The number of carboxylic acid groups (broad SMARTS) is 1. The van der Waals surface area contributed by atoms with Crippen molar-refractivity contribution < 1.29 is 48.0 Å². The van der Waals surface area contributed by atoms with Gasteiger partial charge in [-0.15, -0.1) is 0 Å². The van der Waals surface area contributed by atoms with Crippen molar-refractivity contribution in [2.45, 2.75) is 41.0 Å². The van der Waals surface area contributed by atoms with Gasteiger partial charge in [0.2, 0.25) is 17.7 Å². The highest BCUT2D eigenvalue weighted by molar-refractivity contribution is 5.79. The summed E-state index contributed by atoms with van der Waals surface area (Å²) in [5.41, 5.74) is 0. The fraction of sp³-hybridized carbons (Fsp3) is 0.773. The summed E-state index contributed by atoms with van der Waals surface area (Å²) in [5.74, 6) is -1.62. The molecule has 206 valence electrons. The molecule has 0 rings (SSSR count). The van der Waals surface area contributed by atoms with Gasteiger partial charge in [-0.1, -0.05) is 20.8 Å². The number of aliphatic carboxylic acids is 1. The standard InChI is InChI=1S/C16H30N2O7.C4H7NO3.C2H6/c1-3-15(20)17-4-6-22-9-11-25-13-16(21)18-5-7-23-8-10-24-12-14(2)19;1-3(6)5-2-4(7)8;1-2/h3-13H2,1-2H3,(H,17,20)(H,18,21);2H2,1H3,(H,5,6)(H,7,8);1-2H3. The van der Waals surface area contributed by atoms with Crippen LogP contribution >= 0.6 is 0 Å². The zero-order valence-electron chi connectivity index (χ0n) is 21.6. The first-order valence-electron chi connectivity index (χ1n) is 11.5. The van der Waals surface area contributed by atoms with Gasteiger partial charge in [-0.3, -0.25) is 24.0 Å². The molecule has 0 aliphatic rings. The number of ether oxygens (including phenoxy) is 4. The van der Waals surface area contributed by atoms with Crippen LogP contribution in [0.5, 0.6) is 0 Å². The molecule has 0 aromatic carbocycles. The van der Waals surface area contributed by atoms with Crippen LogP contribution in [0.25, 0.3) is 0 Å². The minimum absolute atomic E-state index is 0.0101. The topological polar surface area (TPSA) is 179 Å². The van der Waals surface area contributed by atoms with Crippen LogP contribution in [0.4, 0.5) is 0 Å². The molecule has 0 fully saturated rings. The second-order valence-corrected chi connectivity index (χ2v) is 6.39. The van der Waals surface area contributed by atoms with E-state index in [4.69, 9.17) is 24.1 Å². The van der Waals surface area contributed by atoms with Crippen molar-refractivity contribution in [1.82, 2.24) is 16.0 Å². The molecule has 0 radical (unpaired) electrons. The van der Waals surface area contributed by atoms with E-state index in [0.717, 1.165) is 0 Å². The number of hydrogen-bond donors (Lipinski definition) is 4. The molecular formula is C22H43N3O10. The van der Waals surface area contributed by atoms with E-state index in [0.29, 0.717) is 59.2 Å². The lowest BCUT2D eigenvalue weighted by Crippen LogP contribution is -2.31. The van der Waals surface area contributed by atoms with E-state index in [-0.39, 0.29) is 43.3 Å². The highest BCUT2D eigenvalue weighted by Crippen LogP contribution is 1.82. The number of ketones is 1. The number of carbonyl (C=O) groups excluding carboxylic acids is 4. The van der Waals surface area contributed by atoms with E-state index in [1.165, 1.54) is 13.8 Å². The van der Waals surface area contributed by atoms with Gasteiger partial charge in [0.05, 0.1) is 39.6 Å². The van der Waals surface area contributed by atoms with Gasteiger partial charge in [0, 0.05) is 26.4 Å². The molecule has 0 aliphatic carbocycles. The van der Waals surface area contributed by atoms with Crippen molar-refractivity contribution in [3.63, 3.8) is 0 Å². The van der Waals surface area contributed by atoms with Gasteiger partial charge in [-0.25, -0.2) is 0 Å². The zero-order valence-corrected chi connectivity index (χ0v) is 21.6. The van der Waals surface area contributed by atoms with Crippen LogP contribution < -0.4 is 16.0 Å². The van der Waals surface area contributed by atoms with E-state index in [1.807, 2.05) is 13.8 Å². The predicted molar refractivity (Wildman–Crippen MR) is 128 cm³/mol. The molecule has 13 heteroatoms. The minimum Gasteiger partial charge on any atom is -0.480 e. The molecule has 0 saturated heterocycles. The first kappa shape index (κ1) is 36.9. The van der Waals surface area contributed by atoms with E-state index in [9.17, 15) is 24.0 Å². The van der Waals surface area contributed by atoms with Gasteiger partial charge < -0.3 is 40.0 Å². The number of carbonyl (C=O) groups is 5. The van der Waals surface area contributed by atoms with Crippen molar-refractivity contribution >= 4 is 29.5 Å². The summed E-state index contributed by atoms with van der Waals surface area (Å²) in [6.07, 6.45) is 0.455. The second-order valence-electron chi connectivity index (χ2n) is 6.39. The molecule has 0 saturated carbocycles. The molecule has 35 heavy (non-hydrogen) atoms. The largest absolute Gasteiger partial charge is 0.480 e. The highest BCUT2D eigenvalue weighted by Gasteiger charge is 2.01. The maximum Gasteiger partial charge on any atom is 0.322 e. The van der Waals surface area contributed by atoms with Gasteiger partial charge >= 0.3 is 5.97 Å². The molecule has 0 aromatic heterocycles. The summed E-state index contributed by atoms with van der Waals surface area (Å²) in [6, 6.07) is 0. The molecule has 0 aliphatic heterocycles. The Hall–Kier alpha value is -2.61. The van der Waals surface area contributed by atoms with Crippen LogP contribution in [0, 0.1) is 0 Å². The Morgan fingerprint density at radius 2 is 1.11 bits per heavy atom. The molecule has 13 nitrogen and oxygen atoms in total. The third kappa shape index (κ3) is 38.9. The van der Waals surface area contributed by atoms with Crippen LogP contribution in [-0.2, 0) is 42.9 Å². The summed E-state index contributed by atoms with van der Waals surface area (Å²) in [5, 5.41) is 15.4. The zero-order chi connectivity index (χ0) is 27.3. The number of carboxylic acids is 1. The lowest BCUT2D eigenvalue weighted by molar-refractivity contribution is -0.137. The van der Waals surface area contributed by atoms with Gasteiger partial charge in [-0.05, 0) is 6.92 Å². The molecule has 3 amide bonds. The van der Waals surface area contributed by atoms with Crippen molar-refractivity contribution in [2.75, 3.05) is 72.5 Å². The summed E-state index contributed by atoms with van der Waals surface area (Å²) < 4.78 is 20.7. The maximum absolute atomic E-state index is 11.5. The predicted octanol–water partition coefficient (Wildman–Crippen LogP) is -0.482. The van der Waals surface area contributed by atoms with E-state index >= 15 is 0 Å². The lowest BCUT2D eigenvalue weighted by Gasteiger charge is -2.08. The number of Topliss-reactive ketones (excluding diaryl/α,β-unsaturated/α-hetero) is 1. The Morgan fingerprint density at radius 3 is 1.51 bits per heavy atom. The maximum atomic E-state index is 11.5. The Bertz CT molecular complexity index is 560. The number of amides is 3. The third-order valence-electron chi connectivity index (χ3n) is 3.23.